The Morgan fingerprint density at radius 3 is 2.35 bits per heavy atom. The molecule has 0 atom stereocenters. The highest BCUT2D eigenvalue weighted by atomic mass is 16.7. The lowest BCUT2D eigenvalue weighted by Gasteiger charge is -2.32. The SMILES string of the molecule is CCOC(=O)Oc1ccc(C(=O)N2CCC(CNC(=O)CCc3ccc(OCC)c(OC)c3)CC2)cc1. The number of hydrogen-bond acceptors (Lipinski definition) is 7. The predicted molar refractivity (Wildman–Crippen MR) is 138 cm³/mol. The van der Waals surface area contributed by atoms with Gasteiger partial charge in [0.1, 0.15) is 5.75 Å². The zero-order chi connectivity index (χ0) is 26.6. The molecule has 0 spiro atoms. The molecule has 0 radical (unpaired) electrons. The first-order valence-corrected chi connectivity index (χ1v) is 12.7. The summed E-state index contributed by atoms with van der Waals surface area (Å²) in [6, 6.07) is 12.2. The van der Waals surface area contributed by atoms with Crippen LogP contribution in [0.5, 0.6) is 17.2 Å². The summed E-state index contributed by atoms with van der Waals surface area (Å²) < 4.78 is 20.7. The third-order valence-corrected chi connectivity index (χ3v) is 6.22. The molecule has 2 aromatic rings. The van der Waals surface area contributed by atoms with Gasteiger partial charge in [-0.1, -0.05) is 6.07 Å². The maximum atomic E-state index is 12.8. The summed E-state index contributed by atoms with van der Waals surface area (Å²) in [5, 5.41) is 3.04. The number of carbonyl (C=O) groups excluding carboxylic acids is 3. The van der Waals surface area contributed by atoms with Gasteiger partial charge in [0.2, 0.25) is 5.91 Å². The number of nitrogens with zero attached hydrogens (tertiary/aromatic N) is 1. The van der Waals surface area contributed by atoms with Gasteiger partial charge in [0.25, 0.3) is 5.91 Å². The third-order valence-electron chi connectivity index (χ3n) is 6.22. The van der Waals surface area contributed by atoms with Gasteiger partial charge in [-0.15, -0.1) is 0 Å². The minimum atomic E-state index is -0.771. The Hall–Kier alpha value is -3.75. The Kier molecular flexibility index (Phi) is 10.6. The first-order valence-electron chi connectivity index (χ1n) is 12.7. The lowest BCUT2D eigenvalue weighted by Crippen LogP contribution is -2.41. The van der Waals surface area contributed by atoms with Gasteiger partial charge in [0, 0.05) is 31.6 Å². The van der Waals surface area contributed by atoms with Gasteiger partial charge >= 0.3 is 6.16 Å². The molecule has 9 nitrogen and oxygen atoms in total. The van der Waals surface area contributed by atoms with E-state index in [-0.39, 0.29) is 18.4 Å². The van der Waals surface area contributed by atoms with Crippen molar-refractivity contribution in [3.63, 3.8) is 0 Å². The second-order valence-corrected chi connectivity index (χ2v) is 8.77. The summed E-state index contributed by atoms with van der Waals surface area (Å²) in [5.41, 5.74) is 1.55. The van der Waals surface area contributed by atoms with E-state index >= 15 is 0 Å². The number of ether oxygens (including phenoxy) is 4. The number of hydrogen-bond donors (Lipinski definition) is 1. The van der Waals surface area contributed by atoms with Crippen molar-refractivity contribution >= 4 is 18.0 Å². The van der Waals surface area contributed by atoms with Crippen LogP contribution in [0.4, 0.5) is 4.79 Å². The molecular weight excluding hydrogens is 476 g/mol. The molecule has 1 N–H and O–H groups in total. The number of piperidine rings is 1. The number of aryl methyl sites for hydroxylation is 1. The van der Waals surface area contributed by atoms with Crippen LogP contribution in [0.2, 0.25) is 0 Å². The third kappa shape index (κ3) is 8.41. The van der Waals surface area contributed by atoms with Crippen molar-refractivity contribution in [3.05, 3.63) is 53.6 Å². The maximum Gasteiger partial charge on any atom is 0.513 e. The highest BCUT2D eigenvalue weighted by Gasteiger charge is 2.24. The number of methoxy groups -OCH3 is 1. The van der Waals surface area contributed by atoms with E-state index < -0.39 is 6.16 Å². The number of benzene rings is 2. The maximum absolute atomic E-state index is 12.8. The van der Waals surface area contributed by atoms with Gasteiger partial charge in [-0.05, 0) is 81.0 Å². The average Bonchev–Trinajstić information content (AvgIpc) is 2.92. The van der Waals surface area contributed by atoms with Crippen molar-refractivity contribution in [1.82, 2.24) is 10.2 Å². The molecule has 1 fully saturated rings. The van der Waals surface area contributed by atoms with E-state index in [4.69, 9.17) is 18.9 Å². The summed E-state index contributed by atoms with van der Waals surface area (Å²) in [4.78, 5) is 38.5. The Labute approximate surface area is 218 Å². The van der Waals surface area contributed by atoms with Crippen LogP contribution in [-0.2, 0) is 16.0 Å². The molecule has 0 aromatic heterocycles. The second kappa shape index (κ2) is 14.1. The van der Waals surface area contributed by atoms with Crippen LogP contribution in [0.1, 0.15) is 49.0 Å². The fraction of sp³-hybridized carbons (Fsp3) is 0.464. The van der Waals surface area contributed by atoms with E-state index in [2.05, 4.69) is 5.32 Å². The van der Waals surface area contributed by atoms with Gasteiger partial charge in [-0.25, -0.2) is 4.79 Å². The quantitative estimate of drug-likeness (QED) is 0.355. The van der Waals surface area contributed by atoms with Crippen LogP contribution in [0.15, 0.2) is 42.5 Å². The molecule has 0 saturated carbocycles. The Morgan fingerprint density at radius 2 is 1.70 bits per heavy atom. The molecule has 0 aliphatic carbocycles. The number of amides is 2. The highest BCUT2D eigenvalue weighted by Crippen LogP contribution is 2.28. The van der Waals surface area contributed by atoms with Crippen LogP contribution < -0.4 is 19.5 Å². The van der Waals surface area contributed by atoms with Crippen molar-refractivity contribution < 1.29 is 33.3 Å². The number of likely N-dealkylation sites (tertiary alicyclic amines) is 1. The fourth-order valence-electron chi connectivity index (χ4n) is 4.18. The Morgan fingerprint density at radius 1 is 0.973 bits per heavy atom. The molecule has 2 amide bonds. The number of carbonyl (C=O) groups is 3. The minimum Gasteiger partial charge on any atom is -0.493 e. The molecule has 1 aliphatic heterocycles. The van der Waals surface area contributed by atoms with Gasteiger partial charge in [0.05, 0.1) is 20.3 Å². The van der Waals surface area contributed by atoms with Crippen LogP contribution in [0.25, 0.3) is 0 Å². The first kappa shape index (κ1) is 27.8. The summed E-state index contributed by atoms with van der Waals surface area (Å²) in [6.07, 6.45) is 1.89. The molecule has 1 heterocycles. The average molecular weight is 513 g/mol. The van der Waals surface area contributed by atoms with Crippen LogP contribution in [0.3, 0.4) is 0 Å². The minimum absolute atomic E-state index is 0.0106. The molecule has 0 bridgehead atoms. The normalized spacial score (nSPS) is 13.5. The predicted octanol–water partition coefficient (Wildman–Crippen LogP) is 4.23. The smallest absolute Gasteiger partial charge is 0.493 e. The fourth-order valence-corrected chi connectivity index (χ4v) is 4.18. The lowest BCUT2D eigenvalue weighted by molar-refractivity contribution is -0.121. The Bertz CT molecular complexity index is 1050. The van der Waals surface area contributed by atoms with E-state index in [1.807, 2.05) is 30.0 Å². The van der Waals surface area contributed by atoms with Crippen molar-refractivity contribution in [2.45, 2.75) is 39.5 Å². The molecule has 2 aromatic carbocycles. The number of nitrogens with one attached hydrogen (secondary N) is 1. The molecule has 1 aliphatic rings. The van der Waals surface area contributed by atoms with Gasteiger partial charge in [-0.3, -0.25) is 9.59 Å². The van der Waals surface area contributed by atoms with Crippen molar-refractivity contribution in [2.24, 2.45) is 5.92 Å². The molecule has 37 heavy (non-hydrogen) atoms. The van der Waals surface area contributed by atoms with E-state index in [9.17, 15) is 14.4 Å². The summed E-state index contributed by atoms with van der Waals surface area (Å²) in [6.45, 7) is 6.28. The van der Waals surface area contributed by atoms with Gasteiger partial charge in [0.15, 0.2) is 11.5 Å². The van der Waals surface area contributed by atoms with Crippen molar-refractivity contribution in [2.75, 3.05) is 40.0 Å². The van der Waals surface area contributed by atoms with Crippen LogP contribution >= 0.6 is 0 Å². The zero-order valence-corrected chi connectivity index (χ0v) is 21.8. The lowest BCUT2D eigenvalue weighted by atomic mass is 9.96. The zero-order valence-electron chi connectivity index (χ0n) is 21.8. The standard InChI is InChI=1S/C28H36N2O7/c1-4-35-24-12-6-20(18-25(24)34-3)7-13-26(31)29-19-21-14-16-30(17-15-21)27(32)22-8-10-23(11-9-22)37-28(33)36-5-2/h6,8-12,18,21H,4-5,7,13-17,19H2,1-3H3,(H,29,31). The highest BCUT2D eigenvalue weighted by molar-refractivity contribution is 5.94. The monoisotopic (exact) mass is 512 g/mol. The molecule has 200 valence electrons. The summed E-state index contributed by atoms with van der Waals surface area (Å²) >= 11 is 0. The largest absolute Gasteiger partial charge is 0.513 e. The molecule has 9 heteroatoms. The second-order valence-electron chi connectivity index (χ2n) is 8.77. The van der Waals surface area contributed by atoms with Gasteiger partial charge in [-0.2, -0.15) is 0 Å². The molecular formula is C28H36N2O7. The van der Waals surface area contributed by atoms with Crippen molar-refractivity contribution in [1.29, 1.82) is 0 Å². The van der Waals surface area contributed by atoms with Crippen LogP contribution in [-0.4, -0.2) is 62.8 Å². The molecule has 1 saturated heterocycles. The van der Waals surface area contributed by atoms with Crippen LogP contribution in [0, 0.1) is 5.92 Å². The summed E-state index contributed by atoms with van der Waals surface area (Å²) in [5.74, 6) is 1.97. The Balaban J connectivity index is 1.38. The van der Waals surface area contributed by atoms with E-state index in [0.29, 0.717) is 67.8 Å². The van der Waals surface area contributed by atoms with E-state index in [0.717, 1.165) is 18.4 Å². The number of rotatable bonds is 11. The first-order chi connectivity index (χ1) is 17.9. The van der Waals surface area contributed by atoms with Gasteiger partial charge < -0.3 is 29.2 Å². The summed E-state index contributed by atoms with van der Waals surface area (Å²) in [7, 11) is 1.60. The van der Waals surface area contributed by atoms with Crippen molar-refractivity contribution in [3.8, 4) is 17.2 Å². The molecule has 0 unspecified atom stereocenters. The van der Waals surface area contributed by atoms with E-state index in [1.54, 1.807) is 38.3 Å². The topological polar surface area (TPSA) is 103 Å². The molecule has 3 rings (SSSR count). The van der Waals surface area contributed by atoms with E-state index in [1.165, 1.54) is 0 Å².